The van der Waals surface area contributed by atoms with E-state index in [-0.39, 0.29) is 30.8 Å². The van der Waals surface area contributed by atoms with Crippen LogP contribution in [-0.4, -0.2) is 36.5 Å². The molecular weight excluding hydrogens is 387 g/mol. The Labute approximate surface area is 168 Å². The van der Waals surface area contributed by atoms with E-state index in [1.807, 2.05) is 0 Å². The van der Waals surface area contributed by atoms with Crippen LogP contribution in [0.3, 0.4) is 0 Å². The summed E-state index contributed by atoms with van der Waals surface area (Å²) in [5.74, 6) is 0.225. The van der Waals surface area contributed by atoms with Gasteiger partial charge in [0.25, 0.3) is 5.91 Å². The summed E-state index contributed by atoms with van der Waals surface area (Å²) >= 11 is 0. The number of likely N-dealkylation sites (tertiary alicyclic amines) is 1. The first-order chi connectivity index (χ1) is 13.0. The number of hydrogen-bond acceptors (Lipinski definition) is 4. The van der Waals surface area contributed by atoms with Crippen molar-refractivity contribution >= 4 is 30.0 Å². The summed E-state index contributed by atoms with van der Waals surface area (Å²) < 4.78 is 18.4. The van der Waals surface area contributed by atoms with Crippen molar-refractivity contribution < 1.29 is 18.4 Å². The van der Waals surface area contributed by atoms with Gasteiger partial charge in [0, 0.05) is 25.3 Å². The Bertz CT molecular complexity index is 814. The normalized spacial score (nSPS) is 16.2. The Morgan fingerprint density at radius 3 is 2.86 bits per heavy atom. The smallest absolute Gasteiger partial charge is 0.319 e. The summed E-state index contributed by atoms with van der Waals surface area (Å²) in [7, 11) is 0. The fourth-order valence-corrected chi connectivity index (χ4v) is 3.18. The van der Waals surface area contributed by atoms with Crippen molar-refractivity contribution in [1.82, 2.24) is 10.2 Å². The van der Waals surface area contributed by atoms with E-state index in [0.717, 1.165) is 12.8 Å². The fraction of sp³-hybridized carbons (Fsp3) is 0.368. The molecule has 0 bridgehead atoms. The molecule has 152 valence electrons. The van der Waals surface area contributed by atoms with E-state index in [2.05, 4.69) is 10.6 Å². The third-order valence-electron chi connectivity index (χ3n) is 4.54. The predicted octanol–water partition coefficient (Wildman–Crippen LogP) is 2.97. The molecule has 1 aliphatic heterocycles. The van der Waals surface area contributed by atoms with Gasteiger partial charge in [0.2, 0.25) is 0 Å². The van der Waals surface area contributed by atoms with Gasteiger partial charge >= 0.3 is 6.03 Å². The SMILES string of the molecule is Cl.NCc1cc(C(=O)N2CCCC(CNC(=O)Nc3cccc(F)c3)C2)co1. The minimum absolute atomic E-state index is 0. The highest BCUT2D eigenvalue weighted by molar-refractivity contribution is 5.94. The lowest BCUT2D eigenvalue weighted by atomic mass is 9.97. The summed E-state index contributed by atoms with van der Waals surface area (Å²) in [6.07, 6.45) is 3.22. The van der Waals surface area contributed by atoms with Gasteiger partial charge in [0.05, 0.1) is 12.1 Å². The van der Waals surface area contributed by atoms with Crippen LogP contribution in [0.5, 0.6) is 0 Å². The van der Waals surface area contributed by atoms with E-state index < -0.39 is 11.8 Å². The minimum Gasteiger partial charge on any atom is -0.467 e. The van der Waals surface area contributed by atoms with Gasteiger partial charge in [0.1, 0.15) is 17.8 Å². The minimum atomic E-state index is -0.411. The highest BCUT2D eigenvalue weighted by Crippen LogP contribution is 2.19. The first kappa shape index (κ1) is 21.7. The van der Waals surface area contributed by atoms with Crippen molar-refractivity contribution in [2.24, 2.45) is 11.7 Å². The maximum Gasteiger partial charge on any atom is 0.319 e. The van der Waals surface area contributed by atoms with E-state index in [0.29, 0.717) is 36.6 Å². The average molecular weight is 411 g/mol. The lowest BCUT2D eigenvalue weighted by Crippen LogP contribution is -2.44. The molecule has 1 atom stereocenters. The van der Waals surface area contributed by atoms with Crippen molar-refractivity contribution in [1.29, 1.82) is 0 Å². The van der Waals surface area contributed by atoms with Crippen LogP contribution < -0.4 is 16.4 Å². The molecule has 3 amide bonds. The first-order valence-electron chi connectivity index (χ1n) is 8.92. The van der Waals surface area contributed by atoms with Crippen LogP contribution in [0.4, 0.5) is 14.9 Å². The van der Waals surface area contributed by atoms with Gasteiger partial charge < -0.3 is 25.7 Å². The van der Waals surface area contributed by atoms with Crippen molar-refractivity contribution in [3.8, 4) is 0 Å². The molecule has 1 unspecified atom stereocenters. The molecule has 1 fully saturated rings. The molecule has 0 saturated carbocycles. The molecule has 7 nitrogen and oxygen atoms in total. The van der Waals surface area contributed by atoms with Crippen LogP contribution in [0, 0.1) is 11.7 Å². The maximum absolute atomic E-state index is 13.2. The van der Waals surface area contributed by atoms with Crippen LogP contribution in [0.2, 0.25) is 0 Å². The third-order valence-corrected chi connectivity index (χ3v) is 4.54. The molecule has 4 N–H and O–H groups in total. The number of piperidine rings is 1. The van der Waals surface area contributed by atoms with E-state index in [1.54, 1.807) is 17.0 Å². The standard InChI is InChI=1S/C19H23FN4O3.ClH/c20-15-4-1-5-16(8-15)23-19(26)22-10-13-3-2-6-24(11-13)18(25)14-7-17(9-21)27-12-14;/h1,4-5,7-8,12-13H,2-3,6,9-11,21H2,(H2,22,23,26);1H. The van der Waals surface area contributed by atoms with E-state index in [1.165, 1.54) is 24.5 Å². The molecule has 1 aromatic heterocycles. The summed E-state index contributed by atoms with van der Waals surface area (Å²) in [6.45, 7) is 1.92. The summed E-state index contributed by atoms with van der Waals surface area (Å²) in [5.41, 5.74) is 6.40. The van der Waals surface area contributed by atoms with Gasteiger partial charge in [-0.05, 0) is 43.0 Å². The number of nitrogens with one attached hydrogen (secondary N) is 2. The predicted molar refractivity (Wildman–Crippen MR) is 106 cm³/mol. The number of benzene rings is 1. The molecular formula is C19H24ClFN4O3. The number of anilines is 1. The number of carbonyl (C=O) groups excluding carboxylic acids is 2. The second-order valence-electron chi connectivity index (χ2n) is 6.61. The molecule has 0 spiro atoms. The quantitative estimate of drug-likeness (QED) is 0.705. The van der Waals surface area contributed by atoms with Gasteiger partial charge in [-0.25, -0.2) is 9.18 Å². The average Bonchev–Trinajstić information content (AvgIpc) is 3.15. The highest BCUT2D eigenvalue weighted by atomic mass is 35.5. The van der Waals surface area contributed by atoms with Crippen LogP contribution in [0.15, 0.2) is 41.0 Å². The highest BCUT2D eigenvalue weighted by Gasteiger charge is 2.25. The van der Waals surface area contributed by atoms with E-state index in [9.17, 15) is 14.0 Å². The van der Waals surface area contributed by atoms with Gasteiger partial charge in [-0.2, -0.15) is 0 Å². The van der Waals surface area contributed by atoms with Crippen molar-refractivity contribution in [3.63, 3.8) is 0 Å². The van der Waals surface area contributed by atoms with Crippen molar-refractivity contribution in [3.05, 3.63) is 53.7 Å². The molecule has 3 rings (SSSR count). The van der Waals surface area contributed by atoms with Gasteiger partial charge in [-0.1, -0.05) is 6.07 Å². The zero-order valence-electron chi connectivity index (χ0n) is 15.3. The Kier molecular flexibility index (Phi) is 7.83. The second-order valence-corrected chi connectivity index (χ2v) is 6.61. The Morgan fingerprint density at radius 1 is 1.32 bits per heavy atom. The number of amides is 3. The molecule has 0 aliphatic carbocycles. The van der Waals surface area contributed by atoms with Gasteiger partial charge in [0.15, 0.2) is 0 Å². The topological polar surface area (TPSA) is 101 Å². The first-order valence-corrected chi connectivity index (χ1v) is 8.92. The molecule has 1 aromatic carbocycles. The van der Waals surface area contributed by atoms with Crippen molar-refractivity contribution in [2.75, 3.05) is 25.0 Å². The molecule has 0 radical (unpaired) electrons. The van der Waals surface area contributed by atoms with Crippen LogP contribution >= 0.6 is 12.4 Å². The molecule has 2 aromatic rings. The number of nitrogens with zero attached hydrogens (tertiary/aromatic N) is 1. The Morgan fingerprint density at radius 2 is 2.14 bits per heavy atom. The number of nitrogens with two attached hydrogens (primary N) is 1. The Hall–Kier alpha value is -2.58. The van der Waals surface area contributed by atoms with Crippen LogP contribution in [0.1, 0.15) is 29.0 Å². The largest absolute Gasteiger partial charge is 0.467 e. The number of halogens is 2. The van der Waals surface area contributed by atoms with Gasteiger partial charge in [-0.15, -0.1) is 12.4 Å². The zero-order chi connectivity index (χ0) is 19.2. The van der Waals surface area contributed by atoms with Crippen LogP contribution in [0.25, 0.3) is 0 Å². The molecule has 1 aliphatic rings. The molecule has 2 heterocycles. The van der Waals surface area contributed by atoms with E-state index >= 15 is 0 Å². The van der Waals surface area contributed by atoms with E-state index in [4.69, 9.17) is 10.2 Å². The van der Waals surface area contributed by atoms with Gasteiger partial charge in [-0.3, -0.25) is 4.79 Å². The number of hydrogen-bond donors (Lipinski definition) is 3. The van der Waals surface area contributed by atoms with Crippen LogP contribution in [-0.2, 0) is 6.54 Å². The second kappa shape index (κ2) is 10.1. The Balaban J connectivity index is 0.00000280. The fourth-order valence-electron chi connectivity index (χ4n) is 3.18. The number of urea groups is 1. The zero-order valence-corrected chi connectivity index (χ0v) is 16.1. The maximum atomic E-state index is 13.2. The third kappa shape index (κ3) is 5.71. The number of furan rings is 1. The summed E-state index contributed by atoms with van der Waals surface area (Å²) in [4.78, 5) is 26.3. The molecule has 1 saturated heterocycles. The molecule has 9 heteroatoms. The summed E-state index contributed by atoms with van der Waals surface area (Å²) in [5, 5.41) is 5.38. The monoisotopic (exact) mass is 410 g/mol. The number of carbonyl (C=O) groups is 2. The lowest BCUT2D eigenvalue weighted by Gasteiger charge is -2.32. The number of rotatable bonds is 5. The van der Waals surface area contributed by atoms with Crippen molar-refractivity contribution in [2.45, 2.75) is 19.4 Å². The molecule has 28 heavy (non-hydrogen) atoms. The summed E-state index contributed by atoms with van der Waals surface area (Å²) in [6, 6.07) is 6.97. The lowest BCUT2D eigenvalue weighted by molar-refractivity contribution is 0.0674.